The molecule has 0 N–H and O–H groups in total. The van der Waals surface area contributed by atoms with Gasteiger partial charge in [0, 0.05) is 32.0 Å². The third-order valence-corrected chi connectivity index (χ3v) is 6.86. The van der Waals surface area contributed by atoms with Gasteiger partial charge in [-0.1, -0.05) is 30.3 Å². The number of aryl methyl sites for hydroxylation is 1. The molecule has 8 heteroatoms. The van der Waals surface area contributed by atoms with E-state index in [1.807, 2.05) is 29.2 Å². The SMILES string of the molecule is O=C(CSc1nnc2n1CCCCC2)N1CCC(c2nc3ccccc3o2)CC1. The van der Waals surface area contributed by atoms with Crippen LogP contribution in [0.2, 0.25) is 0 Å². The molecule has 0 spiro atoms. The molecule has 2 aliphatic rings. The van der Waals surface area contributed by atoms with Crippen molar-refractivity contribution in [1.29, 1.82) is 0 Å². The minimum Gasteiger partial charge on any atom is -0.440 e. The molecular formula is C21H25N5O2S. The standard InChI is InChI=1S/C21H25N5O2S/c27-19(14-29-21-24-23-18-8-2-1-5-11-26(18)21)25-12-9-15(10-13-25)20-22-16-6-3-4-7-17(16)28-20/h3-4,6-7,15H,1-2,5,8-14H2. The van der Waals surface area contributed by atoms with Crippen LogP contribution in [0.5, 0.6) is 0 Å². The number of aromatic nitrogens is 4. The predicted molar refractivity (Wildman–Crippen MR) is 111 cm³/mol. The molecule has 0 unspecified atom stereocenters. The van der Waals surface area contributed by atoms with Crippen molar-refractivity contribution in [1.82, 2.24) is 24.6 Å². The number of piperidine rings is 1. The Hall–Kier alpha value is -2.35. The second kappa shape index (κ2) is 8.18. The quantitative estimate of drug-likeness (QED) is 0.610. The number of rotatable bonds is 4. The van der Waals surface area contributed by atoms with Crippen molar-refractivity contribution in [3.8, 4) is 0 Å². The van der Waals surface area contributed by atoms with Gasteiger partial charge in [0.15, 0.2) is 16.6 Å². The maximum Gasteiger partial charge on any atom is 0.233 e. The lowest BCUT2D eigenvalue weighted by Gasteiger charge is -2.30. The number of para-hydroxylation sites is 2. The molecule has 0 aliphatic carbocycles. The van der Waals surface area contributed by atoms with Gasteiger partial charge in [0.1, 0.15) is 11.3 Å². The molecule has 29 heavy (non-hydrogen) atoms. The molecule has 1 amide bonds. The summed E-state index contributed by atoms with van der Waals surface area (Å²) >= 11 is 1.52. The molecule has 0 bridgehead atoms. The first-order chi connectivity index (χ1) is 14.3. The third kappa shape index (κ3) is 3.90. The fourth-order valence-corrected chi connectivity index (χ4v) is 5.11. The van der Waals surface area contributed by atoms with Crippen molar-refractivity contribution in [3.63, 3.8) is 0 Å². The van der Waals surface area contributed by atoms with Crippen LogP contribution in [0.3, 0.4) is 0 Å². The lowest BCUT2D eigenvalue weighted by atomic mass is 9.97. The summed E-state index contributed by atoms with van der Waals surface area (Å²) in [7, 11) is 0. The molecule has 152 valence electrons. The summed E-state index contributed by atoms with van der Waals surface area (Å²) < 4.78 is 8.12. The maximum absolute atomic E-state index is 12.7. The number of likely N-dealkylation sites (tertiary alicyclic amines) is 1. The van der Waals surface area contributed by atoms with Crippen molar-refractivity contribution < 1.29 is 9.21 Å². The van der Waals surface area contributed by atoms with Crippen LogP contribution in [0.15, 0.2) is 33.8 Å². The van der Waals surface area contributed by atoms with Gasteiger partial charge in [-0.05, 0) is 37.8 Å². The number of hydrogen-bond acceptors (Lipinski definition) is 6. The molecule has 1 aromatic carbocycles. The van der Waals surface area contributed by atoms with Gasteiger partial charge in [-0.3, -0.25) is 4.79 Å². The van der Waals surface area contributed by atoms with E-state index in [1.165, 1.54) is 24.6 Å². The van der Waals surface area contributed by atoms with Crippen LogP contribution in [-0.4, -0.2) is 49.4 Å². The highest BCUT2D eigenvalue weighted by molar-refractivity contribution is 7.99. The summed E-state index contributed by atoms with van der Waals surface area (Å²) in [5, 5.41) is 9.52. The lowest BCUT2D eigenvalue weighted by Crippen LogP contribution is -2.39. The highest BCUT2D eigenvalue weighted by Crippen LogP contribution is 2.30. The van der Waals surface area contributed by atoms with Crippen LogP contribution in [0.25, 0.3) is 11.1 Å². The Labute approximate surface area is 173 Å². The van der Waals surface area contributed by atoms with E-state index in [-0.39, 0.29) is 11.8 Å². The number of carbonyl (C=O) groups is 1. The maximum atomic E-state index is 12.7. The summed E-state index contributed by atoms with van der Waals surface area (Å²) in [5.41, 5.74) is 1.75. The largest absolute Gasteiger partial charge is 0.440 e. The average Bonchev–Trinajstić information content (AvgIpc) is 3.29. The van der Waals surface area contributed by atoms with E-state index in [0.29, 0.717) is 5.75 Å². The monoisotopic (exact) mass is 411 g/mol. The molecule has 2 aromatic heterocycles. The van der Waals surface area contributed by atoms with E-state index in [1.54, 1.807) is 0 Å². The van der Waals surface area contributed by atoms with Gasteiger partial charge in [-0.25, -0.2) is 4.98 Å². The van der Waals surface area contributed by atoms with Gasteiger partial charge in [0.25, 0.3) is 0 Å². The van der Waals surface area contributed by atoms with Crippen LogP contribution < -0.4 is 0 Å². The molecule has 2 aliphatic heterocycles. The first-order valence-corrected chi connectivity index (χ1v) is 11.4. The van der Waals surface area contributed by atoms with Crippen molar-refractivity contribution >= 4 is 28.8 Å². The fraction of sp³-hybridized carbons (Fsp3) is 0.524. The molecule has 7 nitrogen and oxygen atoms in total. The summed E-state index contributed by atoms with van der Waals surface area (Å²) in [4.78, 5) is 19.3. The van der Waals surface area contributed by atoms with Crippen LogP contribution in [-0.2, 0) is 17.8 Å². The lowest BCUT2D eigenvalue weighted by molar-refractivity contribution is -0.129. The van der Waals surface area contributed by atoms with Crippen molar-refractivity contribution in [2.75, 3.05) is 18.8 Å². The molecule has 0 radical (unpaired) electrons. The number of amides is 1. The van der Waals surface area contributed by atoms with Gasteiger partial charge >= 0.3 is 0 Å². The molecule has 1 fully saturated rings. The zero-order valence-corrected chi connectivity index (χ0v) is 17.2. The number of oxazole rings is 1. The van der Waals surface area contributed by atoms with E-state index in [9.17, 15) is 4.79 Å². The predicted octanol–water partition coefficient (Wildman–Crippen LogP) is 3.64. The number of benzene rings is 1. The normalized spacial score (nSPS) is 18.0. The summed E-state index contributed by atoms with van der Waals surface area (Å²) in [6.07, 6.45) is 6.35. The van der Waals surface area contributed by atoms with Crippen LogP contribution >= 0.6 is 11.8 Å². The minimum absolute atomic E-state index is 0.178. The summed E-state index contributed by atoms with van der Waals surface area (Å²) in [6.45, 7) is 2.47. The highest BCUT2D eigenvalue weighted by Gasteiger charge is 2.27. The Balaban J connectivity index is 1.16. The van der Waals surface area contributed by atoms with E-state index < -0.39 is 0 Å². The van der Waals surface area contributed by atoms with Crippen molar-refractivity contribution in [3.05, 3.63) is 36.0 Å². The fourth-order valence-electron chi connectivity index (χ4n) is 4.22. The van der Waals surface area contributed by atoms with Crippen LogP contribution in [0.4, 0.5) is 0 Å². The first kappa shape index (κ1) is 18.7. The van der Waals surface area contributed by atoms with Gasteiger partial charge < -0.3 is 13.9 Å². The molecule has 4 heterocycles. The number of carbonyl (C=O) groups excluding carboxylic acids is 1. The van der Waals surface area contributed by atoms with Crippen LogP contribution in [0.1, 0.15) is 49.7 Å². The van der Waals surface area contributed by atoms with Gasteiger partial charge in [-0.2, -0.15) is 0 Å². The Bertz CT molecular complexity index is 973. The molecule has 5 rings (SSSR count). The Morgan fingerprint density at radius 1 is 1.10 bits per heavy atom. The number of thioether (sulfide) groups is 1. The molecule has 1 saturated heterocycles. The van der Waals surface area contributed by atoms with E-state index in [0.717, 1.165) is 73.3 Å². The van der Waals surface area contributed by atoms with Crippen LogP contribution in [0, 0.1) is 0 Å². The summed E-state index contributed by atoms with van der Waals surface area (Å²) in [5.74, 6) is 2.75. The van der Waals surface area contributed by atoms with Gasteiger partial charge in [0.05, 0.1) is 5.75 Å². The van der Waals surface area contributed by atoms with E-state index in [4.69, 9.17) is 4.42 Å². The second-order valence-corrected chi connectivity index (χ2v) is 8.77. The molecule has 0 atom stereocenters. The third-order valence-electron chi connectivity index (χ3n) is 5.91. The van der Waals surface area contributed by atoms with E-state index >= 15 is 0 Å². The van der Waals surface area contributed by atoms with Gasteiger partial charge in [-0.15, -0.1) is 10.2 Å². The second-order valence-electron chi connectivity index (χ2n) is 7.82. The molecular weight excluding hydrogens is 386 g/mol. The van der Waals surface area contributed by atoms with Crippen molar-refractivity contribution in [2.45, 2.75) is 56.1 Å². The zero-order chi connectivity index (χ0) is 19.6. The molecule has 3 aromatic rings. The van der Waals surface area contributed by atoms with Gasteiger partial charge in [0.2, 0.25) is 5.91 Å². The van der Waals surface area contributed by atoms with Crippen molar-refractivity contribution in [2.24, 2.45) is 0 Å². The average molecular weight is 412 g/mol. The number of nitrogens with zero attached hydrogens (tertiary/aromatic N) is 5. The zero-order valence-electron chi connectivity index (χ0n) is 16.4. The number of fused-ring (bicyclic) bond motifs is 2. The Morgan fingerprint density at radius 3 is 2.83 bits per heavy atom. The smallest absolute Gasteiger partial charge is 0.233 e. The Kier molecular flexibility index (Phi) is 5.26. The van der Waals surface area contributed by atoms with E-state index in [2.05, 4.69) is 19.7 Å². The highest BCUT2D eigenvalue weighted by atomic mass is 32.2. The molecule has 0 saturated carbocycles. The Morgan fingerprint density at radius 2 is 1.97 bits per heavy atom. The topological polar surface area (TPSA) is 77.1 Å². The number of hydrogen-bond donors (Lipinski definition) is 0. The minimum atomic E-state index is 0.178. The first-order valence-electron chi connectivity index (χ1n) is 10.5. The summed E-state index contributed by atoms with van der Waals surface area (Å²) in [6, 6.07) is 7.86.